The van der Waals surface area contributed by atoms with Crippen LogP contribution in [0.1, 0.15) is 19.0 Å². The first kappa shape index (κ1) is 26.9. The topological polar surface area (TPSA) is 121 Å². The molecule has 11 nitrogen and oxygen atoms in total. The van der Waals surface area contributed by atoms with E-state index in [2.05, 4.69) is 37.1 Å². The molecule has 3 aromatic heterocycles. The van der Waals surface area contributed by atoms with Gasteiger partial charge in [0, 0.05) is 56.0 Å². The van der Waals surface area contributed by atoms with E-state index in [0.29, 0.717) is 40.1 Å². The fraction of sp³-hybridized carbons (Fsp3) is 0.345. The number of anilines is 2. The average Bonchev–Trinajstić information content (AvgIpc) is 3.44. The minimum Gasteiger partial charge on any atom is -0.345 e. The molecule has 0 saturated carbocycles. The molecule has 2 aliphatic rings. The standard InChI is InChI=1S/C29H31FN8O3/c1-29(27(39)33-21-7-10-31-11-8-21)17-40-26(41-18-29)25-35-23(19-3-5-20(30)6-4-19)24(36-25)22-9-12-32-28(34-22)38-15-13-37(2)14-16-38/h3-12,26H,13-18H2,1-2H3,(H,35,36)(H,31,33,39). The zero-order chi connectivity index (χ0) is 28.4. The van der Waals surface area contributed by atoms with Gasteiger partial charge in [-0.25, -0.2) is 19.3 Å². The van der Waals surface area contributed by atoms with Crippen molar-refractivity contribution < 1.29 is 18.7 Å². The highest BCUT2D eigenvalue weighted by Crippen LogP contribution is 2.36. The summed E-state index contributed by atoms with van der Waals surface area (Å²) >= 11 is 0. The number of aromatic amines is 1. The molecule has 0 spiro atoms. The van der Waals surface area contributed by atoms with Crippen molar-refractivity contribution in [3.63, 3.8) is 0 Å². The third-order valence-electron chi connectivity index (χ3n) is 7.34. The van der Waals surface area contributed by atoms with Crippen molar-refractivity contribution in [2.24, 2.45) is 5.41 Å². The van der Waals surface area contributed by atoms with Crippen molar-refractivity contribution in [3.8, 4) is 22.6 Å². The van der Waals surface area contributed by atoms with Crippen molar-refractivity contribution in [1.82, 2.24) is 29.8 Å². The van der Waals surface area contributed by atoms with Gasteiger partial charge in [0.25, 0.3) is 0 Å². The normalized spacial score (nSPS) is 21.5. The number of piperazine rings is 1. The molecule has 0 unspecified atom stereocenters. The molecule has 12 heteroatoms. The number of halogens is 1. The van der Waals surface area contributed by atoms with E-state index in [9.17, 15) is 9.18 Å². The zero-order valence-electron chi connectivity index (χ0n) is 22.9. The van der Waals surface area contributed by atoms with Gasteiger partial charge in [0.05, 0.1) is 35.7 Å². The summed E-state index contributed by atoms with van der Waals surface area (Å²) in [5.74, 6) is 0.508. The van der Waals surface area contributed by atoms with Gasteiger partial charge >= 0.3 is 0 Å². The van der Waals surface area contributed by atoms with Crippen LogP contribution in [0.3, 0.4) is 0 Å². The molecule has 2 fully saturated rings. The number of carbonyl (C=O) groups excluding carboxylic acids is 1. The molecule has 6 rings (SSSR count). The van der Waals surface area contributed by atoms with Crippen LogP contribution in [0.2, 0.25) is 0 Å². The van der Waals surface area contributed by atoms with E-state index >= 15 is 0 Å². The molecule has 2 aliphatic heterocycles. The third kappa shape index (κ3) is 5.80. The van der Waals surface area contributed by atoms with Gasteiger partial charge in [0.1, 0.15) is 5.82 Å². The lowest BCUT2D eigenvalue weighted by atomic mass is 9.91. The summed E-state index contributed by atoms with van der Waals surface area (Å²) in [7, 11) is 2.10. The minimum atomic E-state index is -0.904. The summed E-state index contributed by atoms with van der Waals surface area (Å²) in [5, 5.41) is 2.89. The number of carbonyl (C=O) groups is 1. The molecule has 1 aromatic carbocycles. The second kappa shape index (κ2) is 11.3. The van der Waals surface area contributed by atoms with Crippen LogP contribution in [-0.2, 0) is 14.3 Å². The predicted octanol–water partition coefficient (Wildman–Crippen LogP) is 3.51. The van der Waals surface area contributed by atoms with E-state index < -0.39 is 11.7 Å². The van der Waals surface area contributed by atoms with Gasteiger partial charge in [-0.15, -0.1) is 0 Å². The monoisotopic (exact) mass is 558 g/mol. The number of aromatic nitrogens is 5. The molecule has 212 valence electrons. The van der Waals surface area contributed by atoms with Gasteiger partial charge in [-0.1, -0.05) is 0 Å². The highest BCUT2D eigenvalue weighted by molar-refractivity contribution is 5.95. The molecule has 0 bridgehead atoms. The molecule has 5 heterocycles. The quantitative estimate of drug-likeness (QED) is 0.366. The maximum Gasteiger partial charge on any atom is 0.235 e. The summed E-state index contributed by atoms with van der Waals surface area (Å²) in [6.07, 6.45) is 4.12. The lowest BCUT2D eigenvalue weighted by molar-refractivity contribution is -0.229. The van der Waals surface area contributed by atoms with Crippen LogP contribution in [0.4, 0.5) is 16.0 Å². The van der Waals surface area contributed by atoms with Crippen molar-refractivity contribution >= 4 is 17.5 Å². The van der Waals surface area contributed by atoms with E-state index in [0.717, 1.165) is 26.2 Å². The number of likely N-dealkylation sites (N-methyl/N-ethyl adjacent to an activating group) is 1. The van der Waals surface area contributed by atoms with Gasteiger partial charge in [0.2, 0.25) is 18.1 Å². The molecule has 0 atom stereocenters. The molecule has 0 aliphatic carbocycles. The molecule has 2 saturated heterocycles. The Morgan fingerprint density at radius 2 is 1.71 bits per heavy atom. The Balaban J connectivity index is 1.26. The number of amides is 1. The molecule has 41 heavy (non-hydrogen) atoms. The van der Waals surface area contributed by atoms with E-state index in [1.165, 1.54) is 12.1 Å². The number of H-pyrrole nitrogens is 1. The summed E-state index contributed by atoms with van der Waals surface area (Å²) in [5.41, 5.74) is 2.32. The smallest absolute Gasteiger partial charge is 0.235 e. The van der Waals surface area contributed by atoms with Crippen LogP contribution in [-0.4, -0.2) is 82.2 Å². The number of nitrogens with zero attached hydrogens (tertiary/aromatic N) is 6. The molecule has 2 N–H and O–H groups in total. The Kier molecular flexibility index (Phi) is 7.43. The lowest BCUT2D eigenvalue weighted by Gasteiger charge is -2.35. The zero-order valence-corrected chi connectivity index (χ0v) is 22.9. The summed E-state index contributed by atoms with van der Waals surface area (Å²) < 4.78 is 25.8. The number of ether oxygens (including phenoxy) is 2. The number of rotatable bonds is 6. The molecular weight excluding hydrogens is 527 g/mol. The number of hydrogen-bond acceptors (Lipinski definition) is 9. The first-order chi connectivity index (χ1) is 19.9. The highest BCUT2D eigenvalue weighted by atomic mass is 19.1. The van der Waals surface area contributed by atoms with Gasteiger partial charge in [-0.2, -0.15) is 0 Å². The maximum absolute atomic E-state index is 13.8. The third-order valence-corrected chi connectivity index (χ3v) is 7.34. The number of hydrogen-bond donors (Lipinski definition) is 2. The van der Waals surface area contributed by atoms with Crippen molar-refractivity contribution in [2.45, 2.75) is 13.2 Å². The van der Waals surface area contributed by atoms with E-state index in [4.69, 9.17) is 19.4 Å². The predicted molar refractivity (Wildman–Crippen MR) is 150 cm³/mol. The molecule has 1 amide bonds. The fourth-order valence-corrected chi connectivity index (χ4v) is 4.77. The first-order valence-corrected chi connectivity index (χ1v) is 13.5. The Labute approximate surface area is 236 Å². The largest absolute Gasteiger partial charge is 0.345 e. The Morgan fingerprint density at radius 1 is 1.00 bits per heavy atom. The van der Waals surface area contributed by atoms with E-state index in [1.54, 1.807) is 49.8 Å². The second-order valence-electron chi connectivity index (χ2n) is 10.6. The fourth-order valence-electron chi connectivity index (χ4n) is 4.77. The molecule has 4 aromatic rings. The number of imidazole rings is 1. The van der Waals surface area contributed by atoms with Crippen LogP contribution in [0, 0.1) is 11.2 Å². The second-order valence-corrected chi connectivity index (χ2v) is 10.6. The van der Waals surface area contributed by atoms with Gasteiger partial charge in [-0.05, 0) is 56.4 Å². The SMILES string of the molecule is CN1CCN(c2nccc(-c3[nH]c(C4OCC(C)(C(=O)Nc5ccncc5)CO4)nc3-c3ccc(F)cc3)n2)CC1. The van der Waals surface area contributed by atoms with Crippen molar-refractivity contribution in [1.29, 1.82) is 0 Å². The number of nitrogens with one attached hydrogen (secondary N) is 2. The summed E-state index contributed by atoms with van der Waals surface area (Å²) in [6, 6.07) is 11.4. The Morgan fingerprint density at radius 3 is 2.41 bits per heavy atom. The van der Waals surface area contributed by atoms with Crippen LogP contribution < -0.4 is 10.2 Å². The van der Waals surface area contributed by atoms with Gasteiger partial charge in [-0.3, -0.25) is 9.78 Å². The van der Waals surface area contributed by atoms with Gasteiger partial charge < -0.3 is 29.6 Å². The number of benzene rings is 1. The van der Waals surface area contributed by atoms with Crippen LogP contribution in [0.5, 0.6) is 0 Å². The van der Waals surface area contributed by atoms with Crippen LogP contribution >= 0.6 is 0 Å². The van der Waals surface area contributed by atoms with Crippen LogP contribution in [0.15, 0.2) is 61.1 Å². The first-order valence-electron chi connectivity index (χ1n) is 13.5. The number of pyridine rings is 1. The summed E-state index contributed by atoms with van der Waals surface area (Å²) in [4.78, 5) is 38.9. The molecule has 0 radical (unpaired) electrons. The summed E-state index contributed by atoms with van der Waals surface area (Å²) in [6.45, 7) is 5.55. The lowest BCUT2D eigenvalue weighted by Crippen LogP contribution is -2.45. The Bertz CT molecular complexity index is 1500. The van der Waals surface area contributed by atoms with Crippen molar-refractivity contribution in [2.75, 3.05) is 56.7 Å². The maximum atomic E-state index is 13.8. The highest BCUT2D eigenvalue weighted by Gasteiger charge is 2.41. The van der Waals surface area contributed by atoms with Crippen LogP contribution in [0.25, 0.3) is 22.6 Å². The Hall–Kier alpha value is -4.26. The van der Waals surface area contributed by atoms with Crippen molar-refractivity contribution in [3.05, 3.63) is 72.7 Å². The van der Waals surface area contributed by atoms with E-state index in [-0.39, 0.29) is 24.9 Å². The average molecular weight is 559 g/mol. The molecular formula is C29H31FN8O3. The van der Waals surface area contributed by atoms with Gasteiger partial charge in [0.15, 0.2) is 5.82 Å². The van der Waals surface area contributed by atoms with E-state index in [1.807, 2.05) is 6.07 Å². The minimum absolute atomic E-state index is 0.123.